The highest BCUT2D eigenvalue weighted by atomic mass is 15.3. The van der Waals surface area contributed by atoms with Gasteiger partial charge in [0.15, 0.2) is 5.96 Å². The van der Waals surface area contributed by atoms with Crippen LogP contribution in [0.2, 0.25) is 0 Å². The number of hydrogen-bond acceptors (Lipinski definition) is 1. The van der Waals surface area contributed by atoms with Crippen LogP contribution in [0.1, 0.15) is 33.6 Å². The van der Waals surface area contributed by atoms with Gasteiger partial charge in [-0.3, -0.25) is 4.99 Å². The summed E-state index contributed by atoms with van der Waals surface area (Å²) in [7, 11) is 0. The summed E-state index contributed by atoms with van der Waals surface area (Å²) >= 11 is 0. The fourth-order valence-electron chi connectivity index (χ4n) is 2.00. The molecule has 0 aromatic heterocycles. The molecule has 1 aliphatic heterocycles. The molecule has 13 heavy (non-hydrogen) atoms. The van der Waals surface area contributed by atoms with Crippen molar-refractivity contribution in [2.75, 3.05) is 13.1 Å². The van der Waals surface area contributed by atoms with Crippen molar-refractivity contribution in [3.63, 3.8) is 0 Å². The first kappa shape index (κ1) is 10.4. The van der Waals surface area contributed by atoms with Crippen molar-refractivity contribution in [2.45, 2.75) is 39.7 Å². The van der Waals surface area contributed by atoms with Crippen molar-refractivity contribution in [3.8, 4) is 0 Å². The molecule has 2 N–H and O–H groups in total. The largest absolute Gasteiger partial charge is 0.370 e. The first-order valence-corrected chi connectivity index (χ1v) is 5.21. The van der Waals surface area contributed by atoms with Crippen molar-refractivity contribution >= 4 is 5.96 Å². The molecule has 76 valence electrons. The van der Waals surface area contributed by atoms with Gasteiger partial charge in [-0.15, -0.1) is 0 Å². The van der Waals surface area contributed by atoms with Crippen LogP contribution in [0.3, 0.4) is 0 Å². The Balaban J connectivity index is 2.55. The standard InChI is InChI=1S/C10H21N3/c1-4-12-10(11)13-6-5-8(2)7-9(13)3/h8-9H,4-7H2,1-3H3,(H2,11,12). The number of likely N-dealkylation sites (tertiary alicyclic amines) is 1. The molecule has 2 unspecified atom stereocenters. The Labute approximate surface area is 81.0 Å². The molecular formula is C10H21N3. The van der Waals surface area contributed by atoms with Gasteiger partial charge >= 0.3 is 0 Å². The minimum absolute atomic E-state index is 0.555. The zero-order valence-corrected chi connectivity index (χ0v) is 8.95. The zero-order chi connectivity index (χ0) is 9.84. The van der Waals surface area contributed by atoms with Crippen molar-refractivity contribution in [1.82, 2.24) is 4.90 Å². The molecule has 0 saturated carbocycles. The van der Waals surface area contributed by atoms with Crippen LogP contribution < -0.4 is 5.73 Å². The fourth-order valence-corrected chi connectivity index (χ4v) is 2.00. The molecular weight excluding hydrogens is 162 g/mol. The molecule has 0 amide bonds. The lowest BCUT2D eigenvalue weighted by atomic mass is 9.94. The van der Waals surface area contributed by atoms with Gasteiger partial charge in [-0.1, -0.05) is 6.92 Å². The van der Waals surface area contributed by atoms with Crippen LogP contribution in [0.25, 0.3) is 0 Å². The van der Waals surface area contributed by atoms with Gasteiger partial charge in [-0.2, -0.15) is 0 Å². The van der Waals surface area contributed by atoms with Crippen molar-refractivity contribution < 1.29 is 0 Å². The van der Waals surface area contributed by atoms with Crippen molar-refractivity contribution in [3.05, 3.63) is 0 Å². The second kappa shape index (κ2) is 4.49. The van der Waals surface area contributed by atoms with E-state index >= 15 is 0 Å². The third-order valence-electron chi connectivity index (χ3n) is 2.75. The summed E-state index contributed by atoms with van der Waals surface area (Å²) in [4.78, 5) is 6.47. The Morgan fingerprint density at radius 3 is 2.77 bits per heavy atom. The maximum atomic E-state index is 5.87. The molecule has 2 atom stereocenters. The summed E-state index contributed by atoms with van der Waals surface area (Å²) in [6.45, 7) is 8.40. The number of nitrogens with two attached hydrogens (primary N) is 1. The smallest absolute Gasteiger partial charge is 0.191 e. The van der Waals surface area contributed by atoms with E-state index in [0.717, 1.165) is 25.0 Å². The molecule has 0 aromatic rings. The van der Waals surface area contributed by atoms with E-state index in [1.807, 2.05) is 6.92 Å². The Bertz CT molecular complexity index is 189. The van der Waals surface area contributed by atoms with Gasteiger partial charge in [0.25, 0.3) is 0 Å². The van der Waals surface area contributed by atoms with Gasteiger partial charge in [0.05, 0.1) is 0 Å². The van der Waals surface area contributed by atoms with E-state index < -0.39 is 0 Å². The lowest BCUT2D eigenvalue weighted by molar-refractivity contribution is 0.207. The normalized spacial score (nSPS) is 30.7. The lowest BCUT2D eigenvalue weighted by Gasteiger charge is -2.37. The first-order chi connectivity index (χ1) is 6.15. The Morgan fingerprint density at radius 2 is 2.23 bits per heavy atom. The molecule has 0 aliphatic carbocycles. The first-order valence-electron chi connectivity index (χ1n) is 5.21. The third kappa shape index (κ3) is 2.61. The monoisotopic (exact) mass is 183 g/mol. The van der Waals surface area contributed by atoms with Crippen LogP contribution >= 0.6 is 0 Å². The van der Waals surface area contributed by atoms with Crippen LogP contribution in [-0.2, 0) is 0 Å². The summed E-state index contributed by atoms with van der Waals surface area (Å²) < 4.78 is 0. The van der Waals surface area contributed by atoms with Gasteiger partial charge in [-0.05, 0) is 32.6 Å². The minimum atomic E-state index is 0.555. The Morgan fingerprint density at radius 1 is 1.54 bits per heavy atom. The number of aliphatic imine (C=N–C) groups is 1. The van der Waals surface area contributed by atoms with E-state index in [0.29, 0.717) is 6.04 Å². The Kier molecular flexibility index (Phi) is 3.58. The topological polar surface area (TPSA) is 41.6 Å². The van der Waals surface area contributed by atoms with E-state index in [1.54, 1.807) is 0 Å². The van der Waals surface area contributed by atoms with Crippen LogP contribution in [0.5, 0.6) is 0 Å². The molecule has 0 aromatic carbocycles. The number of piperidine rings is 1. The van der Waals surface area contributed by atoms with E-state index in [9.17, 15) is 0 Å². The highest BCUT2D eigenvalue weighted by molar-refractivity contribution is 5.78. The van der Waals surface area contributed by atoms with Gasteiger partial charge in [0.2, 0.25) is 0 Å². The number of rotatable bonds is 1. The average Bonchev–Trinajstić information content (AvgIpc) is 2.04. The van der Waals surface area contributed by atoms with Crippen LogP contribution in [0.4, 0.5) is 0 Å². The molecule has 0 bridgehead atoms. The molecule has 3 heteroatoms. The van der Waals surface area contributed by atoms with Crippen LogP contribution in [-0.4, -0.2) is 30.0 Å². The van der Waals surface area contributed by atoms with E-state index in [2.05, 4.69) is 23.7 Å². The van der Waals surface area contributed by atoms with Crippen molar-refractivity contribution in [2.24, 2.45) is 16.6 Å². The predicted octanol–water partition coefficient (Wildman–Crippen LogP) is 1.44. The summed E-state index contributed by atoms with van der Waals surface area (Å²) in [5.74, 6) is 1.56. The van der Waals surface area contributed by atoms with Crippen molar-refractivity contribution in [1.29, 1.82) is 0 Å². The summed E-state index contributed by atoms with van der Waals surface area (Å²) in [5, 5.41) is 0. The Hall–Kier alpha value is -0.730. The summed E-state index contributed by atoms with van der Waals surface area (Å²) in [6.07, 6.45) is 2.48. The third-order valence-corrected chi connectivity index (χ3v) is 2.75. The molecule has 1 rings (SSSR count). The predicted molar refractivity (Wildman–Crippen MR) is 56.7 cm³/mol. The summed E-state index contributed by atoms with van der Waals surface area (Å²) in [6, 6.07) is 0.555. The number of guanidine groups is 1. The molecule has 0 spiro atoms. The molecule has 1 fully saturated rings. The quantitative estimate of drug-likeness (QED) is 0.494. The maximum Gasteiger partial charge on any atom is 0.191 e. The van der Waals surface area contributed by atoms with Gasteiger partial charge in [0, 0.05) is 19.1 Å². The zero-order valence-electron chi connectivity index (χ0n) is 8.95. The highest BCUT2D eigenvalue weighted by Gasteiger charge is 2.23. The maximum absolute atomic E-state index is 5.87. The number of hydrogen-bond donors (Lipinski definition) is 1. The van der Waals surface area contributed by atoms with Crippen LogP contribution in [0.15, 0.2) is 4.99 Å². The molecule has 1 aliphatic rings. The second-order valence-corrected chi connectivity index (χ2v) is 4.00. The molecule has 3 nitrogen and oxygen atoms in total. The summed E-state index contributed by atoms with van der Waals surface area (Å²) in [5.41, 5.74) is 5.87. The fraction of sp³-hybridized carbons (Fsp3) is 0.900. The van der Waals surface area contributed by atoms with Crippen LogP contribution in [0, 0.1) is 5.92 Å². The van der Waals surface area contributed by atoms with E-state index in [4.69, 9.17) is 5.73 Å². The average molecular weight is 183 g/mol. The number of nitrogens with zero attached hydrogens (tertiary/aromatic N) is 2. The molecule has 0 radical (unpaired) electrons. The van der Waals surface area contributed by atoms with Gasteiger partial charge in [-0.25, -0.2) is 0 Å². The van der Waals surface area contributed by atoms with Gasteiger partial charge in [0.1, 0.15) is 0 Å². The van der Waals surface area contributed by atoms with E-state index in [-0.39, 0.29) is 0 Å². The second-order valence-electron chi connectivity index (χ2n) is 4.00. The highest BCUT2D eigenvalue weighted by Crippen LogP contribution is 2.21. The minimum Gasteiger partial charge on any atom is -0.370 e. The molecule has 1 saturated heterocycles. The SMILES string of the molecule is CCN=C(N)N1CCC(C)CC1C. The molecule has 1 heterocycles. The van der Waals surface area contributed by atoms with E-state index in [1.165, 1.54) is 12.8 Å². The lowest BCUT2D eigenvalue weighted by Crippen LogP contribution is -2.47. The van der Waals surface area contributed by atoms with Gasteiger partial charge < -0.3 is 10.6 Å².